The first kappa shape index (κ1) is 17.3. The normalized spacial score (nSPS) is 11.3. The number of thiophene rings is 1. The van der Waals surface area contributed by atoms with Gasteiger partial charge in [-0.05, 0) is 36.4 Å². The molecule has 3 N–H and O–H groups in total. The van der Waals surface area contributed by atoms with Crippen LogP contribution in [-0.4, -0.2) is 19.2 Å². The summed E-state index contributed by atoms with van der Waals surface area (Å²) >= 11 is 1.24. The molecule has 2 aromatic carbocycles. The number of anilines is 1. The minimum atomic E-state index is -0.400. The molecule has 0 atom stereocenters. The van der Waals surface area contributed by atoms with Crippen LogP contribution in [0.5, 0.6) is 0 Å². The van der Waals surface area contributed by atoms with Gasteiger partial charge in [0, 0.05) is 17.3 Å². The molecule has 0 saturated carbocycles. The molecule has 0 radical (unpaired) electrons. The predicted octanol–water partition coefficient (Wildman–Crippen LogP) is 4.50. The first-order valence-corrected chi connectivity index (χ1v) is 9.72. The van der Waals surface area contributed by atoms with E-state index in [4.69, 9.17) is 5.73 Å². The molecule has 0 fully saturated rings. The molecular weight excluding hydrogens is 384 g/mol. The van der Waals surface area contributed by atoms with Crippen molar-refractivity contribution in [2.24, 2.45) is 0 Å². The maximum absolute atomic E-state index is 12.9. The van der Waals surface area contributed by atoms with Gasteiger partial charge in [0.15, 0.2) is 5.82 Å². The predicted molar refractivity (Wildman–Crippen MR) is 118 cm³/mol. The Balaban J connectivity index is 1.80. The number of benzene rings is 2. The van der Waals surface area contributed by atoms with Crippen molar-refractivity contribution in [1.29, 1.82) is 0 Å². The van der Waals surface area contributed by atoms with Crippen molar-refractivity contribution < 1.29 is 5.11 Å². The van der Waals surface area contributed by atoms with Gasteiger partial charge in [-0.15, -0.1) is 11.3 Å². The van der Waals surface area contributed by atoms with Gasteiger partial charge in [0.2, 0.25) is 0 Å². The van der Waals surface area contributed by atoms with Crippen molar-refractivity contribution in [3.63, 3.8) is 0 Å². The van der Waals surface area contributed by atoms with Crippen LogP contribution in [0.3, 0.4) is 0 Å². The van der Waals surface area contributed by atoms with Gasteiger partial charge in [0.05, 0.1) is 21.6 Å². The molecule has 5 aromatic rings. The number of aliphatic hydroxyl groups excluding tert-OH is 1. The number of fused-ring (bicyclic) bond motifs is 2. The highest BCUT2D eigenvalue weighted by atomic mass is 32.1. The topological polar surface area (TPSA) is 86.1 Å². The molecule has 0 aliphatic rings. The van der Waals surface area contributed by atoms with Crippen molar-refractivity contribution in [2.45, 2.75) is 0 Å². The summed E-state index contributed by atoms with van der Waals surface area (Å²) in [6.07, 6.45) is 2.00. The maximum atomic E-state index is 12.9. The van der Waals surface area contributed by atoms with Gasteiger partial charge >= 0.3 is 0 Å². The Morgan fingerprint density at radius 2 is 1.83 bits per heavy atom. The van der Waals surface area contributed by atoms with Crippen LogP contribution in [0.15, 0.2) is 78.2 Å². The maximum Gasteiger partial charge on any atom is 0.298 e. The van der Waals surface area contributed by atoms with Gasteiger partial charge in [-0.1, -0.05) is 30.8 Å². The lowest BCUT2D eigenvalue weighted by atomic mass is 10.2. The van der Waals surface area contributed by atoms with Crippen LogP contribution in [0.1, 0.15) is 4.88 Å². The van der Waals surface area contributed by atoms with Gasteiger partial charge < -0.3 is 15.4 Å². The fourth-order valence-electron chi connectivity index (χ4n) is 3.46. The standard InChI is InChI=1S/C22H16N4O2S/c1-13(27)19-12-18-21(29-19)24-20(23)22(28)26(18)16-8-7-14-9-10-25(17(14)11-16)15-5-3-2-4-6-15/h2-12,27H,1H2,(H2,23,24). The molecule has 3 aromatic heterocycles. The smallest absolute Gasteiger partial charge is 0.298 e. The summed E-state index contributed by atoms with van der Waals surface area (Å²) in [4.78, 5) is 18.2. The van der Waals surface area contributed by atoms with Gasteiger partial charge in [-0.25, -0.2) is 4.98 Å². The summed E-state index contributed by atoms with van der Waals surface area (Å²) in [6, 6.07) is 19.5. The summed E-state index contributed by atoms with van der Waals surface area (Å²) in [5.41, 5.74) is 8.74. The van der Waals surface area contributed by atoms with Crippen LogP contribution in [0.25, 0.3) is 38.4 Å². The Morgan fingerprint density at radius 3 is 2.59 bits per heavy atom. The zero-order valence-corrected chi connectivity index (χ0v) is 16.1. The third-order valence-electron chi connectivity index (χ3n) is 4.83. The van der Waals surface area contributed by atoms with E-state index in [1.54, 1.807) is 6.07 Å². The summed E-state index contributed by atoms with van der Waals surface area (Å²) < 4.78 is 3.60. The van der Waals surface area contributed by atoms with Gasteiger partial charge in [0.1, 0.15) is 10.6 Å². The highest BCUT2D eigenvalue weighted by molar-refractivity contribution is 7.19. The lowest BCUT2D eigenvalue weighted by Gasteiger charge is -2.10. The van der Waals surface area contributed by atoms with Crippen molar-refractivity contribution in [2.75, 3.05) is 5.73 Å². The lowest BCUT2D eigenvalue weighted by molar-refractivity contribution is 0.516. The number of rotatable bonds is 3. The first-order chi connectivity index (χ1) is 14.0. The van der Waals surface area contributed by atoms with Crippen molar-refractivity contribution in [3.8, 4) is 11.4 Å². The lowest BCUT2D eigenvalue weighted by Crippen LogP contribution is -2.22. The number of nitrogens with zero attached hydrogens (tertiary/aromatic N) is 3. The van der Waals surface area contributed by atoms with Crippen molar-refractivity contribution in [3.05, 3.63) is 88.7 Å². The Morgan fingerprint density at radius 1 is 1.03 bits per heavy atom. The number of nitrogens with two attached hydrogens (primary N) is 1. The average Bonchev–Trinajstić information content (AvgIpc) is 3.33. The van der Waals surface area contributed by atoms with Crippen molar-refractivity contribution >= 4 is 44.2 Å². The molecule has 0 saturated heterocycles. The number of nitrogen functional groups attached to an aromatic ring is 1. The van der Waals surface area contributed by atoms with E-state index in [-0.39, 0.29) is 11.6 Å². The molecular formula is C22H16N4O2S. The molecule has 0 aliphatic carbocycles. The Labute approximate surface area is 169 Å². The monoisotopic (exact) mass is 400 g/mol. The minimum Gasteiger partial charge on any atom is -0.507 e. The molecule has 0 amide bonds. The average molecular weight is 400 g/mol. The number of aromatic nitrogens is 3. The summed E-state index contributed by atoms with van der Waals surface area (Å²) in [7, 11) is 0. The van der Waals surface area contributed by atoms with Gasteiger partial charge in [-0.3, -0.25) is 9.36 Å². The number of hydrogen-bond acceptors (Lipinski definition) is 5. The molecule has 142 valence electrons. The molecule has 29 heavy (non-hydrogen) atoms. The summed E-state index contributed by atoms with van der Waals surface area (Å²) in [5.74, 6) is -0.160. The third kappa shape index (κ3) is 2.71. The van der Waals surface area contributed by atoms with E-state index < -0.39 is 5.56 Å². The van der Waals surface area contributed by atoms with E-state index in [1.165, 1.54) is 15.9 Å². The molecule has 6 nitrogen and oxygen atoms in total. The molecule has 3 heterocycles. The minimum absolute atomic E-state index is 0.0704. The Bertz CT molecular complexity index is 1460. The molecule has 0 unspecified atom stereocenters. The molecule has 5 rings (SSSR count). The van der Waals surface area contributed by atoms with Gasteiger partial charge in [-0.2, -0.15) is 0 Å². The van der Waals surface area contributed by atoms with Crippen LogP contribution in [0, 0.1) is 0 Å². The third-order valence-corrected chi connectivity index (χ3v) is 5.90. The van der Waals surface area contributed by atoms with Crippen molar-refractivity contribution in [1.82, 2.24) is 14.1 Å². The van der Waals surface area contributed by atoms with E-state index in [0.717, 1.165) is 16.6 Å². The van der Waals surface area contributed by atoms with Gasteiger partial charge in [0.25, 0.3) is 5.56 Å². The summed E-state index contributed by atoms with van der Waals surface area (Å²) in [5, 5.41) is 10.8. The summed E-state index contributed by atoms with van der Waals surface area (Å²) in [6.45, 7) is 3.56. The van der Waals surface area contributed by atoms with E-state index >= 15 is 0 Å². The highest BCUT2D eigenvalue weighted by Crippen LogP contribution is 2.30. The number of aliphatic hydroxyl groups is 1. The second kappa shape index (κ2) is 6.35. The SMILES string of the molecule is C=C(O)c1cc2c(nc(N)c(=O)n2-c2ccc3ccn(-c4ccccc4)c3c2)s1. The highest BCUT2D eigenvalue weighted by Gasteiger charge is 2.16. The zero-order valence-electron chi connectivity index (χ0n) is 15.2. The second-order valence-corrected chi connectivity index (χ2v) is 7.68. The largest absolute Gasteiger partial charge is 0.507 e. The van der Waals surface area contributed by atoms with Crippen LogP contribution in [-0.2, 0) is 0 Å². The van der Waals surface area contributed by atoms with E-state index in [1.807, 2.05) is 60.8 Å². The zero-order chi connectivity index (χ0) is 20.1. The van der Waals surface area contributed by atoms with Crippen LogP contribution in [0.2, 0.25) is 0 Å². The van der Waals surface area contributed by atoms with Crippen LogP contribution < -0.4 is 11.3 Å². The van der Waals surface area contributed by atoms with Crippen LogP contribution in [0.4, 0.5) is 5.82 Å². The van der Waals surface area contributed by atoms with E-state index in [2.05, 4.69) is 16.1 Å². The van der Waals surface area contributed by atoms with Crippen LogP contribution >= 0.6 is 11.3 Å². The second-order valence-electron chi connectivity index (χ2n) is 6.65. The van der Waals surface area contributed by atoms with E-state index in [0.29, 0.717) is 20.9 Å². The molecule has 0 aliphatic heterocycles. The molecule has 0 bridgehead atoms. The molecule has 7 heteroatoms. The number of para-hydroxylation sites is 1. The number of hydrogen-bond donors (Lipinski definition) is 2. The van der Waals surface area contributed by atoms with E-state index in [9.17, 15) is 9.90 Å². The Hall–Kier alpha value is -3.84. The fraction of sp³-hybridized carbons (Fsp3) is 0. The fourth-order valence-corrected chi connectivity index (χ4v) is 4.36. The molecule has 0 spiro atoms. The Kier molecular flexibility index (Phi) is 3.78. The quantitative estimate of drug-likeness (QED) is 0.437. The first-order valence-electron chi connectivity index (χ1n) is 8.90.